The summed E-state index contributed by atoms with van der Waals surface area (Å²) in [6.45, 7) is 4.70. The third-order valence-corrected chi connectivity index (χ3v) is 9.21. The molecule has 0 saturated carbocycles. The molecule has 1 aliphatic rings. The first-order chi connectivity index (χ1) is 20.6. The first-order valence-corrected chi connectivity index (χ1v) is 14.5. The molecular weight excluding hydrogens is 510 g/mol. The summed E-state index contributed by atoms with van der Waals surface area (Å²) in [4.78, 5) is 9.80. The fourth-order valence-electron chi connectivity index (χ4n) is 7.13. The second kappa shape index (κ2) is 8.37. The third kappa shape index (κ3) is 3.16. The van der Waals surface area contributed by atoms with Crippen molar-refractivity contribution in [2.24, 2.45) is 0 Å². The van der Waals surface area contributed by atoms with Gasteiger partial charge in [-0.2, -0.15) is 0 Å². The van der Waals surface area contributed by atoms with Gasteiger partial charge in [0.1, 0.15) is 0 Å². The molecule has 0 spiro atoms. The molecule has 0 unspecified atom stereocenters. The monoisotopic (exact) mass is 537 g/mol. The molecule has 0 atom stereocenters. The fourth-order valence-corrected chi connectivity index (χ4v) is 7.13. The summed E-state index contributed by atoms with van der Waals surface area (Å²) < 4.78 is 2.42. The van der Waals surface area contributed by atoms with Gasteiger partial charge in [0.15, 0.2) is 0 Å². The number of rotatable bonds is 2. The molecule has 0 saturated heterocycles. The summed E-state index contributed by atoms with van der Waals surface area (Å²) in [5, 5.41) is 4.75. The molecule has 198 valence electrons. The number of aromatic nitrogens is 3. The van der Waals surface area contributed by atoms with E-state index in [1.807, 2.05) is 12.3 Å². The van der Waals surface area contributed by atoms with Gasteiger partial charge in [0.2, 0.25) is 0 Å². The van der Waals surface area contributed by atoms with Crippen LogP contribution in [0.3, 0.4) is 0 Å². The Morgan fingerprint density at radius 1 is 0.571 bits per heavy atom. The van der Waals surface area contributed by atoms with Crippen molar-refractivity contribution in [1.82, 2.24) is 14.5 Å². The zero-order valence-corrected chi connectivity index (χ0v) is 23.5. The van der Waals surface area contributed by atoms with Crippen molar-refractivity contribution in [3.05, 3.63) is 139 Å². The maximum absolute atomic E-state index is 5.14. The van der Waals surface area contributed by atoms with Crippen LogP contribution in [0, 0.1) is 0 Å². The van der Waals surface area contributed by atoms with E-state index in [1.54, 1.807) is 0 Å². The van der Waals surface area contributed by atoms with Crippen LogP contribution in [-0.2, 0) is 5.41 Å². The molecular formula is C39H27N3. The molecule has 3 heteroatoms. The number of para-hydroxylation sites is 1. The minimum absolute atomic E-state index is 0.0604. The summed E-state index contributed by atoms with van der Waals surface area (Å²) in [6, 6.07) is 43.9. The average Bonchev–Trinajstić information content (AvgIpc) is 3.48. The molecule has 0 aliphatic heterocycles. The van der Waals surface area contributed by atoms with Gasteiger partial charge in [-0.15, -0.1) is 0 Å². The molecule has 0 N–H and O–H groups in total. The Balaban J connectivity index is 1.28. The van der Waals surface area contributed by atoms with Gasteiger partial charge in [0.05, 0.1) is 27.8 Å². The standard InChI is InChI=1S/C39H27N3/c1-39(2)32-14-5-3-12-28(32)30-22-31-29-13-4-6-15-35(29)42(36(31)23-33(30)39)27-11-7-9-26(21-27)34-19-18-25-17-16-24-10-8-20-40-37(24)38(25)41-34/h3-23H,1-2H3. The highest BCUT2D eigenvalue weighted by atomic mass is 15.0. The number of nitrogens with zero attached hydrogens (tertiary/aromatic N) is 3. The fraction of sp³-hybridized carbons (Fsp3) is 0.0769. The van der Waals surface area contributed by atoms with Crippen molar-refractivity contribution in [1.29, 1.82) is 0 Å². The largest absolute Gasteiger partial charge is 0.309 e. The first kappa shape index (κ1) is 23.4. The molecule has 3 heterocycles. The molecule has 0 fully saturated rings. The molecule has 9 rings (SSSR count). The van der Waals surface area contributed by atoms with E-state index in [4.69, 9.17) is 4.98 Å². The Kier molecular flexibility index (Phi) is 4.67. The van der Waals surface area contributed by atoms with Gasteiger partial charge in [-0.3, -0.25) is 4.98 Å². The molecule has 0 bridgehead atoms. The SMILES string of the molecule is CC1(C)c2ccccc2-c2cc3c4ccccc4n(-c4cccc(-c5ccc6ccc7cccnc7c6n5)c4)c3cc21. The van der Waals surface area contributed by atoms with Crippen LogP contribution in [0.15, 0.2) is 128 Å². The molecule has 3 nitrogen and oxygen atoms in total. The Hall–Kier alpha value is -5.28. The van der Waals surface area contributed by atoms with Crippen LogP contribution < -0.4 is 0 Å². The number of hydrogen-bond acceptors (Lipinski definition) is 2. The van der Waals surface area contributed by atoms with E-state index in [2.05, 4.69) is 139 Å². The molecule has 0 amide bonds. The minimum Gasteiger partial charge on any atom is -0.309 e. The van der Waals surface area contributed by atoms with Gasteiger partial charge in [-0.25, -0.2) is 4.98 Å². The normalized spacial score (nSPS) is 13.7. The molecule has 5 aromatic carbocycles. The lowest BCUT2D eigenvalue weighted by Gasteiger charge is -2.21. The third-order valence-electron chi connectivity index (χ3n) is 9.21. The summed E-state index contributed by atoms with van der Waals surface area (Å²) in [5.41, 5.74) is 12.9. The second-order valence-electron chi connectivity index (χ2n) is 11.9. The number of benzene rings is 5. The Labute approximate surface area is 243 Å². The predicted octanol–water partition coefficient (Wildman–Crippen LogP) is 9.85. The minimum atomic E-state index is -0.0604. The molecule has 1 aliphatic carbocycles. The van der Waals surface area contributed by atoms with E-state index in [-0.39, 0.29) is 5.41 Å². The van der Waals surface area contributed by atoms with Crippen molar-refractivity contribution in [2.75, 3.05) is 0 Å². The maximum Gasteiger partial charge on any atom is 0.0972 e. The van der Waals surface area contributed by atoms with E-state index in [0.29, 0.717) is 0 Å². The summed E-state index contributed by atoms with van der Waals surface area (Å²) >= 11 is 0. The second-order valence-corrected chi connectivity index (χ2v) is 11.9. The highest BCUT2D eigenvalue weighted by molar-refractivity contribution is 6.11. The summed E-state index contributed by atoms with van der Waals surface area (Å²) in [5.74, 6) is 0. The van der Waals surface area contributed by atoms with E-state index in [9.17, 15) is 0 Å². The molecule has 8 aromatic rings. The Morgan fingerprint density at radius 2 is 1.38 bits per heavy atom. The van der Waals surface area contributed by atoms with Gasteiger partial charge >= 0.3 is 0 Å². The van der Waals surface area contributed by atoms with E-state index < -0.39 is 0 Å². The quantitative estimate of drug-likeness (QED) is 0.205. The molecule has 42 heavy (non-hydrogen) atoms. The summed E-state index contributed by atoms with van der Waals surface area (Å²) in [6.07, 6.45) is 1.84. The van der Waals surface area contributed by atoms with Crippen LogP contribution in [0.4, 0.5) is 0 Å². The van der Waals surface area contributed by atoms with Gasteiger partial charge in [0.25, 0.3) is 0 Å². The Bertz CT molecular complexity index is 2390. The van der Waals surface area contributed by atoms with Crippen LogP contribution in [0.1, 0.15) is 25.0 Å². The first-order valence-electron chi connectivity index (χ1n) is 14.5. The van der Waals surface area contributed by atoms with Gasteiger partial charge in [0, 0.05) is 44.4 Å². The van der Waals surface area contributed by atoms with E-state index in [1.165, 1.54) is 44.1 Å². The highest BCUT2D eigenvalue weighted by Crippen LogP contribution is 2.51. The van der Waals surface area contributed by atoms with Crippen LogP contribution in [0.25, 0.3) is 71.7 Å². The van der Waals surface area contributed by atoms with Crippen LogP contribution in [0.2, 0.25) is 0 Å². The number of fused-ring (bicyclic) bond motifs is 9. The van der Waals surface area contributed by atoms with Crippen LogP contribution in [0.5, 0.6) is 0 Å². The van der Waals surface area contributed by atoms with Crippen molar-refractivity contribution in [2.45, 2.75) is 19.3 Å². The highest BCUT2D eigenvalue weighted by Gasteiger charge is 2.36. The lowest BCUT2D eigenvalue weighted by atomic mass is 9.82. The van der Waals surface area contributed by atoms with Crippen molar-refractivity contribution in [3.63, 3.8) is 0 Å². The average molecular weight is 538 g/mol. The van der Waals surface area contributed by atoms with Gasteiger partial charge in [-0.05, 0) is 64.7 Å². The van der Waals surface area contributed by atoms with Crippen LogP contribution in [-0.4, -0.2) is 14.5 Å². The zero-order chi connectivity index (χ0) is 28.0. The predicted molar refractivity (Wildman–Crippen MR) is 174 cm³/mol. The molecule has 3 aromatic heterocycles. The van der Waals surface area contributed by atoms with E-state index >= 15 is 0 Å². The van der Waals surface area contributed by atoms with Gasteiger partial charge < -0.3 is 4.57 Å². The Morgan fingerprint density at radius 3 is 2.31 bits per heavy atom. The lowest BCUT2D eigenvalue weighted by molar-refractivity contribution is 0.661. The lowest BCUT2D eigenvalue weighted by Crippen LogP contribution is -2.14. The van der Waals surface area contributed by atoms with Crippen molar-refractivity contribution in [3.8, 4) is 28.1 Å². The van der Waals surface area contributed by atoms with Crippen LogP contribution >= 0.6 is 0 Å². The summed E-state index contributed by atoms with van der Waals surface area (Å²) in [7, 11) is 0. The molecule has 0 radical (unpaired) electrons. The zero-order valence-electron chi connectivity index (χ0n) is 23.5. The number of pyridine rings is 2. The topological polar surface area (TPSA) is 30.7 Å². The smallest absolute Gasteiger partial charge is 0.0972 e. The van der Waals surface area contributed by atoms with E-state index in [0.717, 1.165) is 38.8 Å². The van der Waals surface area contributed by atoms with Crippen molar-refractivity contribution >= 4 is 43.6 Å². The number of hydrogen-bond donors (Lipinski definition) is 0. The maximum atomic E-state index is 5.14. The van der Waals surface area contributed by atoms with Crippen molar-refractivity contribution < 1.29 is 0 Å². The van der Waals surface area contributed by atoms with Gasteiger partial charge in [-0.1, -0.05) is 92.7 Å².